The quantitative estimate of drug-likeness (QED) is 0.719. The van der Waals surface area contributed by atoms with Crippen LogP contribution in [0.3, 0.4) is 0 Å². The molecule has 0 bridgehead atoms. The first-order valence-electron chi connectivity index (χ1n) is 9.24. The van der Waals surface area contributed by atoms with Crippen LogP contribution >= 0.6 is 0 Å². The van der Waals surface area contributed by atoms with Crippen LogP contribution in [0.5, 0.6) is 0 Å². The Kier molecular flexibility index (Phi) is 5.21. The second-order valence-electron chi connectivity index (χ2n) is 6.64. The number of carbonyl (C=O) groups is 1. The third kappa shape index (κ3) is 4.04. The number of para-hydroxylation sites is 1. The zero-order valence-electron chi connectivity index (χ0n) is 15.2. The molecule has 2 heterocycles. The average Bonchev–Trinajstić information content (AvgIpc) is 2.74. The highest BCUT2D eigenvalue weighted by Gasteiger charge is 2.23. The third-order valence-electron chi connectivity index (χ3n) is 4.86. The van der Waals surface area contributed by atoms with Crippen LogP contribution in [-0.4, -0.2) is 58.4 Å². The molecule has 1 amide bonds. The summed E-state index contributed by atoms with van der Waals surface area (Å²) in [6.45, 7) is 4.11. The molecule has 0 spiro atoms. The molecule has 1 aliphatic rings. The van der Waals surface area contributed by atoms with Crippen molar-refractivity contribution in [2.24, 2.45) is 0 Å². The topological polar surface area (TPSA) is 49.3 Å². The number of rotatable bonds is 4. The van der Waals surface area contributed by atoms with Gasteiger partial charge in [-0.05, 0) is 17.7 Å². The summed E-state index contributed by atoms with van der Waals surface area (Å²) < 4.78 is 0. The van der Waals surface area contributed by atoms with Gasteiger partial charge in [0.2, 0.25) is 0 Å². The van der Waals surface area contributed by atoms with E-state index in [2.05, 4.69) is 39.2 Å². The molecule has 136 valence electrons. The van der Waals surface area contributed by atoms with Gasteiger partial charge in [-0.1, -0.05) is 48.6 Å². The second kappa shape index (κ2) is 8.10. The number of amides is 1. The minimum absolute atomic E-state index is 0.0422. The second-order valence-corrected chi connectivity index (χ2v) is 6.64. The van der Waals surface area contributed by atoms with Crippen LogP contribution in [0.15, 0.2) is 67.0 Å². The fraction of sp³-hybridized carbons (Fsp3) is 0.227. The van der Waals surface area contributed by atoms with Gasteiger partial charge in [-0.3, -0.25) is 19.7 Å². The Balaban J connectivity index is 1.36. The van der Waals surface area contributed by atoms with E-state index in [1.807, 2.05) is 41.3 Å². The van der Waals surface area contributed by atoms with Crippen LogP contribution in [0.1, 0.15) is 15.9 Å². The monoisotopic (exact) mass is 358 g/mol. The van der Waals surface area contributed by atoms with Gasteiger partial charge in [0.05, 0.1) is 11.1 Å². The highest BCUT2D eigenvalue weighted by Crippen LogP contribution is 2.17. The first-order valence-corrected chi connectivity index (χ1v) is 9.24. The number of carbonyl (C=O) groups excluding carboxylic acids is 1. The zero-order chi connectivity index (χ0) is 18.5. The maximum Gasteiger partial charge on any atom is 0.256 e. The van der Waals surface area contributed by atoms with Gasteiger partial charge in [0, 0.05) is 45.1 Å². The molecular formula is C22H22N4O. The van der Waals surface area contributed by atoms with Gasteiger partial charge in [0.1, 0.15) is 5.52 Å². The summed E-state index contributed by atoms with van der Waals surface area (Å²) in [6, 6.07) is 15.9. The molecule has 0 unspecified atom stereocenters. The number of aromatic nitrogens is 2. The molecule has 1 fully saturated rings. The Labute approximate surface area is 159 Å². The molecule has 0 N–H and O–H groups in total. The minimum Gasteiger partial charge on any atom is -0.336 e. The predicted molar refractivity (Wildman–Crippen MR) is 107 cm³/mol. The summed E-state index contributed by atoms with van der Waals surface area (Å²) in [5, 5.41) is 0. The normalized spacial score (nSPS) is 15.5. The van der Waals surface area contributed by atoms with Crippen molar-refractivity contribution in [3.63, 3.8) is 0 Å². The fourth-order valence-electron chi connectivity index (χ4n) is 3.37. The number of fused-ring (bicyclic) bond motifs is 1. The van der Waals surface area contributed by atoms with Crippen molar-refractivity contribution in [3.05, 3.63) is 78.1 Å². The summed E-state index contributed by atoms with van der Waals surface area (Å²) in [4.78, 5) is 25.9. The van der Waals surface area contributed by atoms with Gasteiger partial charge >= 0.3 is 0 Å². The van der Waals surface area contributed by atoms with E-state index in [4.69, 9.17) is 0 Å². The number of hydrogen-bond acceptors (Lipinski definition) is 4. The van der Waals surface area contributed by atoms with Gasteiger partial charge < -0.3 is 4.90 Å². The van der Waals surface area contributed by atoms with Crippen molar-refractivity contribution < 1.29 is 4.79 Å². The summed E-state index contributed by atoms with van der Waals surface area (Å²) in [5.74, 6) is 0.0422. The lowest BCUT2D eigenvalue weighted by Crippen LogP contribution is -2.48. The SMILES string of the molecule is O=C(c1cccc2nccnc12)N1CCN(CC=Cc2ccccc2)CC1. The molecule has 3 aromatic rings. The van der Waals surface area contributed by atoms with Crippen LogP contribution in [0, 0.1) is 0 Å². The molecule has 0 atom stereocenters. The van der Waals surface area contributed by atoms with Crippen molar-refractivity contribution in [3.8, 4) is 0 Å². The highest BCUT2D eigenvalue weighted by atomic mass is 16.2. The van der Waals surface area contributed by atoms with Crippen molar-refractivity contribution >= 4 is 23.0 Å². The standard InChI is InChI=1S/C22H22N4O/c27-22(19-9-4-10-20-21(19)24-12-11-23-20)26-16-14-25(15-17-26)13-5-8-18-6-2-1-3-7-18/h1-12H,13-17H2. The van der Waals surface area contributed by atoms with E-state index in [0.29, 0.717) is 11.1 Å². The van der Waals surface area contributed by atoms with Crippen molar-refractivity contribution in [2.45, 2.75) is 0 Å². The Morgan fingerprint density at radius 1 is 0.926 bits per heavy atom. The Morgan fingerprint density at radius 2 is 1.70 bits per heavy atom. The largest absolute Gasteiger partial charge is 0.336 e. The predicted octanol–water partition coefficient (Wildman–Crippen LogP) is 3.10. The molecule has 1 saturated heterocycles. The van der Waals surface area contributed by atoms with Gasteiger partial charge in [-0.15, -0.1) is 0 Å². The molecular weight excluding hydrogens is 336 g/mol. The van der Waals surface area contributed by atoms with Gasteiger partial charge in [0.25, 0.3) is 5.91 Å². The Bertz CT molecular complexity index is 941. The molecule has 4 rings (SSSR count). The molecule has 0 radical (unpaired) electrons. The molecule has 5 heteroatoms. The van der Waals surface area contributed by atoms with Crippen molar-refractivity contribution in [1.82, 2.24) is 19.8 Å². The maximum atomic E-state index is 12.9. The molecule has 0 saturated carbocycles. The third-order valence-corrected chi connectivity index (χ3v) is 4.86. The van der Waals surface area contributed by atoms with Gasteiger partial charge in [-0.25, -0.2) is 0 Å². The number of piperazine rings is 1. The first kappa shape index (κ1) is 17.4. The summed E-state index contributed by atoms with van der Waals surface area (Å²) in [5.41, 5.74) is 3.28. The van der Waals surface area contributed by atoms with E-state index in [9.17, 15) is 4.79 Å². The smallest absolute Gasteiger partial charge is 0.256 e. The molecule has 5 nitrogen and oxygen atoms in total. The minimum atomic E-state index is 0.0422. The lowest BCUT2D eigenvalue weighted by Gasteiger charge is -2.34. The Hall–Kier alpha value is -3.05. The van der Waals surface area contributed by atoms with E-state index in [1.165, 1.54) is 5.56 Å². The summed E-state index contributed by atoms with van der Waals surface area (Å²) >= 11 is 0. The molecule has 1 aromatic heterocycles. The van der Waals surface area contributed by atoms with Crippen LogP contribution in [0.25, 0.3) is 17.1 Å². The molecule has 2 aromatic carbocycles. The van der Waals surface area contributed by atoms with E-state index in [1.54, 1.807) is 12.4 Å². The molecule has 1 aliphatic heterocycles. The van der Waals surface area contributed by atoms with E-state index < -0.39 is 0 Å². The van der Waals surface area contributed by atoms with Crippen LogP contribution in [-0.2, 0) is 0 Å². The van der Waals surface area contributed by atoms with E-state index in [0.717, 1.165) is 38.2 Å². The number of hydrogen-bond donors (Lipinski definition) is 0. The van der Waals surface area contributed by atoms with Crippen molar-refractivity contribution in [1.29, 1.82) is 0 Å². The van der Waals surface area contributed by atoms with Gasteiger partial charge in [-0.2, -0.15) is 0 Å². The molecule has 27 heavy (non-hydrogen) atoms. The zero-order valence-corrected chi connectivity index (χ0v) is 15.2. The van der Waals surface area contributed by atoms with E-state index in [-0.39, 0.29) is 5.91 Å². The van der Waals surface area contributed by atoms with Crippen LogP contribution in [0.2, 0.25) is 0 Å². The highest BCUT2D eigenvalue weighted by molar-refractivity contribution is 6.04. The molecule has 0 aliphatic carbocycles. The summed E-state index contributed by atoms with van der Waals surface area (Å²) in [7, 11) is 0. The summed E-state index contributed by atoms with van der Waals surface area (Å²) in [6.07, 6.45) is 7.62. The van der Waals surface area contributed by atoms with E-state index >= 15 is 0 Å². The lowest BCUT2D eigenvalue weighted by atomic mass is 10.1. The number of benzene rings is 2. The Morgan fingerprint density at radius 3 is 2.52 bits per heavy atom. The van der Waals surface area contributed by atoms with Crippen molar-refractivity contribution in [2.75, 3.05) is 32.7 Å². The maximum absolute atomic E-state index is 12.9. The lowest BCUT2D eigenvalue weighted by molar-refractivity contribution is 0.0652. The van der Waals surface area contributed by atoms with Crippen LogP contribution < -0.4 is 0 Å². The average molecular weight is 358 g/mol. The first-order chi connectivity index (χ1) is 13.3. The van der Waals surface area contributed by atoms with Crippen LogP contribution in [0.4, 0.5) is 0 Å². The fourth-order valence-corrected chi connectivity index (χ4v) is 3.37. The number of nitrogens with zero attached hydrogens (tertiary/aromatic N) is 4. The van der Waals surface area contributed by atoms with Gasteiger partial charge in [0.15, 0.2) is 0 Å².